The van der Waals surface area contributed by atoms with Gasteiger partial charge in [-0.1, -0.05) is 30.3 Å². The summed E-state index contributed by atoms with van der Waals surface area (Å²) < 4.78 is 14.9. The first-order valence-electron chi connectivity index (χ1n) is 9.59. The first-order valence-corrected chi connectivity index (χ1v) is 9.59. The highest BCUT2D eigenvalue weighted by Crippen LogP contribution is 2.41. The van der Waals surface area contributed by atoms with Crippen LogP contribution in [0.3, 0.4) is 0 Å². The number of aryl methyl sites for hydroxylation is 2. The number of rotatable bonds is 3. The number of phenols is 1. The Labute approximate surface area is 168 Å². The first kappa shape index (κ1) is 18.9. The van der Waals surface area contributed by atoms with E-state index in [9.17, 15) is 19.4 Å². The fourth-order valence-electron chi connectivity index (χ4n) is 4.01. The van der Waals surface area contributed by atoms with Crippen LogP contribution in [0.15, 0.2) is 60.7 Å². The highest BCUT2D eigenvalue weighted by Gasteiger charge is 2.22. The van der Waals surface area contributed by atoms with E-state index >= 15 is 0 Å². The molecule has 1 aliphatic carbocycles. The van der Waals surface area contributed by atoms with Crippen LogP contribution in [-0.2, 0) is 6.42 Å². The SMILES string of the molecule is Cc1ccc(C2=C(c3ccc(O)cc3)c3ccc(C(=O)O)cc3CCC2)c(F)c1. The van der Waals surface area contributed by atoms with Crippen LogP contribution in [0, 0.1) is 12.7 Å². The van der Waals surface area contributed by atoms with Gasteiger partial charge in [0.25, 0.3) is 0 Å². The van der Waals surface area contributed by atoms with E-state index in [4.69, 9.17) is 0 Å². The molecule has 2 N–H and O–H groups in total. The molecule has 0 saturated carbocycles. The molecule has 146 valence electrons. The van der Waals surface area contributed by atoms with Gasteiger partial charge in [-0.15, -0.1) is 0 Å². The molecule has 3 aromatic carbocycles. The van der Waals surface area contributed by atoms with Crippen LogP contribution >= 0.6 is 0 Å². The molecule has 0 radical (unpaired) electrons. The van der Waals surface area contributed by atoms with Crippen molar-refractivity contribution in [1.82, 2.24) is 0 Å². The number of benzene rings is 3. The average molecular weight is 388 g/mol. The van der Waals surface area contributed by atoms with Crippen LogP contribution in [0.1, 0.15) is 51.0 Å². The van der Waals surface area contributed by atoms with Gasteiger partial charge in [0.1, 0.15) is 11.6 Å². The monoisotopic (exact) mass is 388 g/mol. The lowest BCUT2D eigenvalue weighted by molar-refractivity contribution is 0.0696. The van der Waals surface area contributed by atoms with Crippen LogP contribution in [0.25, 0.3) is 11.1 Å². The second-order valence-corrected chi connectivity index (χ2v) is 7.41. The quantitative estimate of drug-likeness (QED) is 0.593. The van der Waals surface area contributed by atoms with Gasteiger partial charge in [-0.2, -0.15) is 0 Å². The minimum atomic E-state index is -0.961. The molecular weight excluding hydrogens is 367 g/mol. The third-order valence-corrected chi connectivity index (χ3v) is 5.40. The van der Waals surface area contributed by atoms with E-state index < -0.39 is 5.97 Å². The Balaban J connectivity index is 2.02. The molecule has 0 atom stereocenters. The molecule has 0 saturated heterocycles. The van der Waals surface area contributed by atoms with Gasteiger partial charge in [0, 0.05) is 5.56 Å². The van der Waals surface area contributed by atoms with Gasteiger partial charge in [0.2, 0.25) is 0 Å². The van der Waals surface area contributed by atoms with Crippen LogP contribution in [-0.4, -0.2) is 16.2 Å². The van der Waals surface area contributed by atoms with Crippen molar-refractivity contribution >= 4 is 17.1 Å². The normalized spacial score (nSPS) is 13.7. The zero-order chi connectivity index (χ0) is 20.5. The van der Waals surface area contributed by atoms with Crippen molar-refractivity contribution in [2.24, 2.45) is 0 Å². The second kappa shape index (κ2) is 7.55. The van der Waals surface area contributed by atoms with Crippen molar-refractivity contribution in [3.63, 3.8) is 0 Å². The molecule has 4 heteroatoms. The molecule has 3 aromatic rings. The number of halogens is 1. The van der Waals surface area contributed by atoms with E-state index in [-0.39, 0.29) is 17.1 Å². The summed E-state index contributed by atoms with van der Waals surface area (Å²) in [5.41, 5.74) is 6.17. The van der Waals surface area contributed by atoms with Crippen molar-refractivity contribution in [2.75, 3.05) is 0 Å². The summed E-state index contributed by atoms with van der Waals surface area (Å²) in [5, 5.41) is 19.1. The number of aromatic hydroxyl groups is 1. The predicted octanol–water partition coefficient (Wildman–Crippen LogP) is 5.83. The maximum absolute atomic E-state index is 14.9. The van der Waals surface area contributed by atoms with Gasteiger partial charge in [-0.25, -0.2) is 9.18 Å². The van der Waals surface area contributed by atoms with E-state index in [0.717, 1.165) is 46.2 Å². The highest BCUT2D eigenvalue weighted by molar-refractivity contribution is 6.00. The van der Waals surface area contributed by atoms with E-state index in [2.05, 4.69) is 0 Å². The van der Waals surface area contributed by atoms with Crippen LogP contribution in [0.4, 0.5) is 4.39 Å². The maximum atomic E-state index is 14.9. The Morgan fingerprint density at radius 2 is 1.66 bits per heavy atom. The minimum absolute atomic E-state index is 0.160. The maximum Gasteiger partial charge on any atom is 0.335 e. The van der Waals surface area contributed by atoms with Crippen molar-refractivity contribution in [2.45, 2.75) is 26.2 Å². The number of allylic oxidation sites excluding steroid dienone is 1. The van der Waals surface area contributed by atoms with Crippen molar-refractivity contribution in [3.8, 4) is 5.75 Å². The molecule has 0 aromatic heterocycles. The van der Waals surface area contributed by atoms with Gasteiger partial charge in [-0.3, -0.25) is 0 Å². The summed E-state index contributed by atoms with van der Waals surface area (Å²) in [5.74, 6) is -1.06. The van der Waals surface area contributed by atoms with Gasteiger partial charge in [-0.05, 0) is 89.9 Å². The summed E-state index contributed by atoms with van der Waals surface area (Å²) in [4.78, 5) is 11.4. The number of carboxylic acid groups (broad SMARTS) is 1. The van der Waals surface area contributed by atoms with Crippen molar-refractivity contribution in [1.29, 1.82) is 0 Å². The minimum Gasteiger partial charge on any atom is -0.508 e. The number of aromatic carboxylic acids is 1. The predicted molar refractivity (Wildman–Crippen MR) is 111 cm³/mol. The zero-order valence-corrected chi connectivity index (χ0v) is 16.1. The fourth-order valence-corrected chi connectivity index (χ4v) is 4.01. The Kier molecular flexibility index (Phi) is 4.93. The molecule has 0 bridgehead atoms. The molecular formula is C25H21FO3. The summed E-state index contributed by atoms with van der Waals surface area (Å²) in [6.45, 7) is 1.86. The smallest absolute Gasteiger partial charge is 0.335 e. The Bertz CT molecular complexity index is 1130. The molecule has 3 nitrogen and oxygen atoms in total. The molecule has 0 heterocycles. The van der Waals surface area contributed by atoms with Crippen molar-refractivity contribution in [3.05, 3.63) is 99.9 Å². The van der Waals surface area contributed by atoms with Crippen molar-refractivity contribution < 1.29 is 19.4 Å². The highest BCUT2D eigenvalue weighted by atomic mass is 19.1. The fraction of sp³-hybridized carbons (Fsp3) is 0.160. The topological polar surface area (TPSA) is 57.5 Å². The summed E-state index contributed by atoms with van der Waals surface area (Å²) >= 11 is 0. The van der Waals surface area contributed by atoms with Crippen LogP contribution in [0.5, 0.6) is 5.75 Å². The summed E-state index contributed by atoms with van der Waals surface area (Å²) in [6.07, 6.45) is 2.18. The molecule has 0 unspecified atom stereocenters. The molecule has 0 fully saturated rings. The average Bonchev–Trinajstić information content (AvgIpc) is 2.87. The number of fused-ring (bicyclic) bond motifs is 1. The standard InChI is InChI=1S/C25H21FO3/c1-15-5-11-21(23(26)13-15)22-4-2-3-17-14-18(25(28)29)8-12-20(17)24(22)16-6-9-19(27)10-7-16/h5-14,27H,2-4H2,1H3,(H,28,29). The van der Waals surface area contributed by atoms with Crippen LogP contribution in [0.2, 0.25) is 0 Å². The number of phenolic OH excluding ortho intramolecular Hbond substituents is 1. The first-order chi connectivity index (χ1) is 13.9. The third-order valence-electron chi connectivity index (χ3n) is 5.40. The van der Waals surface area contributed by atoms with Gasteiger partial charge < -0.3 is 10.2 Å². The van der Waals surface area contributed by atoms with Gasteiger partial charge >= 0.3 is 5.97 Å². The number of carbonyl (C=O) groups is 1. The lowest BCUT2D eigenvalue weighted by atomic mass is 9.87. The Hall–Kier alpha value is -3.40. The Morgan fingerprint density at radius 1 is 0.931 bits per heavy atom. The lowest BCUT2D eigenvalue weighted by Gasteiger charge is -2.17. The number of carboxylic acids is 1. The molecule has 29 heavy (non-hydrogen) atoms. The second-order valence-electron chi connectivity index (χ2n) is 7.41. The van der Waals surface area contributed by atoms with Gasteiger partial charge in [0.15, 0.2) is 0 Å². The van der Waals surface area contributed by atoms with E-state index in [1.165, 1.54) is 6.07 Å². The molecule has 1 aliphatic rings. The van der Waals surface area contributed by atoms with E-state index in [0.29, 0.717) is 12.0 Å². The van der Waals surface area contributed by atoms with Gasteiger partial charge in [0.05, 0.1) is 5.56 Å². The third kappa shape index (κ3) is 3.66. The molecule has 0 aliphatic heterocycles. The number of hydrogen-bond donors (Lipinski definition) is 2. The lowest BCUT2D eigenvalue weighted by Crippen LogP contribution is -2.01. The zero-order valence-electron chi connectivity index (χ0n) is 16.1. The summed E-state index contributed by atoms with van der Waals surface area (Å²) in [7, 11) is 0. The Morgan fingerprint density at radius 3 is 2.34 bits per heavy atom. The molecule has 0 amide bonds. The summed E-state index contributed by atoms with van der Waals surface area (Å²) in [6, 6.07) is 17.2. The van der Waals surface area contributed by atoms with E-state index in [1.54, 1.807) is 24.3 Å². The number of hydrogen-bond acceptors (Lipinski definition) is 2. The van der Waals surface area contributed by atoms with Crippen LogP contribution < -0.4 is 0 Å². The van der Waals surface area contributed by atoms with E-state index in [1.807, 2.05) is 37.3 Å². The largest absolute Gasteiger partial charge is 0.508 e. The molecule has 4 rings (SSSR count). The molecule has 0 spiro atoms.